The Bertz CT molecular complexity index is 1270. The number of hydrogen-bond donors (Lipinski definition) is 0. The average molecular weight is 528 g/mol. The lowest BCUT2D eigenvalue weighted by Crippen LogP contribution is -2.48. The van der Waals surface area contributed by atoms with E-state index in [4.69, 9.17) is 37.7 Å². The van der Waals surface area contributed by atoms with Crippen molar-refractivity contribution in [1.29, 1.82) is 0 Å². The molecule has 0 amide bonds. The summed E-state index contributed by atoms with van der Waals surface area (Å²) < 4.78 is 38.5. The Balaban J connectivity index is 1.48. The number of aryl methyl sites for hydroxylation is 1. The summed E-state index contributed by atoms with van der Waals surface area (Å²) in [5.74, 6) is 1.30. The first-order valence-corrected chi connectivity index (χ1v) is 13.2. The minimum Gasteiger partial charge on any atom is -0.493 e. The molecule has 176 valence electrons. The Kier molecular flexibility index (Phi) is 7.07. The van der Waals surface area contributed by atoms with Crippen molar-refractivity contribution in [2.75, 3.05) is 45.3 Å². The van der Waals surface area contributed by atoms with Crippen LogP contribution in [0.25, 0.3) is 11.3 Å². The molecule has 1 saturated heterocycles. The number of piperazine rings is 1. The van der Waals surface area contributed by atoms with E-state index < -0.39 is 10.0 Å². The third-order valence-electron chi connectivity index (χ3n) is 5.51. The van der Waals surface area contributed by atoms with Crippen LogP contribution < -0.4 is 14.4 Å². The molecule has 1 aliphatic rings. The van der Waals surface area contributed by atoms with Crippen molar-refractivity contribution in [2.24, 2.45) is 0 Å². The van der Waals surface area contributed by atoms with E-state index in [0.29, 0.717) is 48.3 Å². The molecule has 3 aromatic rings. The lowest BCUT2D eigenvalue weighted by atomic mass is 10.1. The highest BCUT2D eigenvalue weighted by Crippen LogP contribution is 2.35. The highest BCUT2D eigenvalue weighted by atomic mass is 35.5. The molecular formula is C22H23Cl2N3O4S2. The largest absolute Gasteiger partial charge is 0.493 e. The summed E-state index contributed by atoms with van der Waals surface area (Å²) in [5.41, 5.74) is 2.42. The molecule has 0 atom stereocenters. The topological polar surface area (TPSA) is 72.0 Å². The number of halogens is 2. The molecule has 0 spiro atoms. The fraction of sp³-hybridized carbons (Fsp3) is 0.318. The van der Waals surface area contributed by atoms with Crippen LogP contribution in [0.2, 0.25) is 10.0 Å². The number of ether oxygens (including phenoxy) is 2. The summed E-state index contributed by atoms with van der Waals surface area (Å²) in [4.78, 5) is 6.94. The molecule has 0 unspecified atom stereocenters. The summed E-state index contributed by atoms with van der Waals surface area (Å²) in [7, 11) is -0.521. The minimum absolute atomic E-state index is 0.0875. The Morgan fingerprint density at radius 1 is 0.970 bits per heavy atom. The van der Waals surface area contributed by atoms with E-state index in [1.54, 1.807) is 21.1 Å². The molecule has 7 nitrogen and oxygen atoms in total. The summed E-state index contributed by atoms with van der Waals surface area (Å²) in [6.07, 6.45) is 0. The molecule has 0 saturated carbocycles. The molecule has 33 heavy (non-hydrogen) atoms. The molecule has 1 fully saturated rings. The van der Waals surface area contributed by atoms with Crippen molar-refractivity contribution in [1.82, 2.24) is 9.29 Å². The molecule has 2 aromatic carbocycles. The van der Waals surface area contributed by atoms with Gasteiger partial charge in [0.25, 0.3) is 0 Å². The van der Waals surface area contributed by atoms with Crippen LogP contribution in [-0.4, -0.2) is 58.1 Å². The van der Waals surface area contributed by atoms with Gasteiger partial charge >= 0.3 is 0 Å². The van der Waals surface area contributed by atoms with Crippen molar-refractivity contribution >= 4 is 49.7 Å². The zero-order valence-corrected chi connectivity index (χ0v) is 21.5. The lowest BCUT2D eigenvalue weighted by Gasteiger charge is -2.34. The van der Waals surface area contributed by atoms with Gasteiger partial charge in [-0.1, -0.05) is 23.2 Å². The zero-order valence-electron chi connectivity index (χ0n) is 18.3. The predicted molar refractivity (Wildman–Crippen MR) is 133 cm³/mol. The van der Waals surface area contributed by atoms with Crippen LogP contribution in [0, 0.1) is 6.92 Å². The summed E-state index contributed by atoms with van der Waals surface area (Å²) in [6, 6.07) is 8.68. The first-order valence-electron chi connectivity index (χ1n) is 10.1. The number of thiazole rings is 1. The van der Waals surface area contributed by atoms with Crippen molar-refractivity contribution in [3.05, 3.63) is 51.3 Å². The molecule has 2 heterocycles. The third kappa shape index (κ3) is 4.79. The maximum absolute atomic E-state index is 13.2. The van der Waals surface area contributed by atoms with Crippen LogP contribution in [0.1, 0.15) is 5.56 Å². The van der Waals surface area contributed by atoms with Crippen LogP contribution in [0.15, 0.2) is 40.6 Å². The van der Waals surface area contributed by atoms with Gasteiger partial charge in [-0.25, -0.2) is 13.4 Å². The Morgan fingerprint density at radius 3 is 2.33 bits per heavy atom. The van der Waals surface area contributed by atoms with Crippen molar-refractivity contribution in [3.8, 4) is 22.8 Å². The maximum atomic E-state index is 13.2. The first-order chi connectivity index (χ1) is 15.7. The van der Waals surface area contributed by atoms with E-state index in [0.717, 1.165) is 16.4 Å². The number of aromatic nitrogens is 1. The second kappa shape index (κ2) is 9.68. The number of nitrogens with zero attached hydrogens (tertiary/aromatic N) is 3. The number of hydrogen-bond acceptors (Lipinski definition) is 7. The molecule has 0 bridgehead atoms. The Morgan fingerprint density at radius 2 is 1.67 bits per heavy atom. The van der Waals surface area contributed by atoms with Crippen LogP contribution in [-0.2, 0) is 10.0 Å². The van der Waals surface area contributed by atoms with Gasteiger partial charge in [-0.15, -0.1) is 11.3 Å². The highest BCUT2D eigenvalue weighted by molar-refractivity contribution is 7.89. The van der Waals surface area contributed by atoms with Gasteiger partial charge in [0, 0.05) is 42.1 Å². The quantitative estimate of drug-likeness (QED) is 0.451. The van der Waals surface area contributed by atoms with Gasteiger partial charge in [0.15, 0.2) is 16.6 Å². The zero-order chi connectivity index (χ0) is 23.8. The average Bonchev–Trinajstić information content (AvgIpc) is 3.31. The van der Waals surface area contributed by atoms with E-state index >= 15 is 0 Å². The Labute approximate surface area is 207 Å². The van der Waals surface area contributed by atoms with Crippen LogP contribution in [0.5, 0.6) is 11.5 Å². The minimum atomic E-state index is -3.72. The number of rotatable bonds is 6. The van der Waals surface area contributed by atoms with Gasteiger partial charge in [0.05, 0.1) is 24.9 Å². The molecular weight excluding hydrogens is 505 g/mol. The van der Waals surface area contributed by atoms with Crippen molar-refractivity contribution < 1.29 is 17.9 Å². The van der Waals surface area contributed by atoms with E-state index in [9.17, 15) is 8.42 Å². The number of benzene rings is 2. The molecule has 0 N–H and O–H groups in total. The molecule has 11 heteroatoms. The standard InChI is InChI=1S/C22H23Cl2N3O4S2/c1-14-10-21(17(24)12-16(14)23)33(28,29)27-8-6-26(7-9-27)22-25-18(13-32-22)15-4-5-19(30-2)20(11-15)31-3/h4-5,10-13H,6-9H2,1-3H3. The van der Waals surface area contributed by atoms with Crippen LogP contribution in [0.3, 0.4) is 0 Å². The van der Waals surface area contributed by atoms with E-state index in [1.807, 2.05) is 23.6 Å². The molecule has 0 radical (unpaired) electrons. The van der Waals surface area contributed by atoms with Crippen molar-refractivity contribution in [2.45, 2.75) is 11.8 Å². The van der Waals surface area contributed by atoms with Gasteiger partial charge in [0.1, 0.15) is 4.90 Å². The SMILES string of the molecule is COc1ccc(-c2csc(N3CCN(S(=O)(=O)c4cc(C)c(Cl)cc4Cl)CC3)n2)cc1OC. The molecule has 1 aliphatic heterocycles. The lowest BCUT2D eigenvalue weighted by molar-refractivity contribution is 0.355. The number of methoxy groups -OCH3 is 2. The number of anilines is 1. The Hall–Kier alpha value is -2.04. The van der Waals surface area contributed by atoms with Gasteiger partial charge in [0.2, 0.25) is 10.0 Å². The van der Waals surface area contributed by atoms with Gasteiger partial charge in [-0.2, -0.15) is 4.31 Å². The van der Waals surface area contributed by atoms with Crippen LogP contribution >= 0.6 is 34.5 Å². The second-order valence-electron chi connectivity index (χ2n) is 7.51. The fourth-order valence-corrected chi connectivity index (χ4v) is 6.74. The summed E-state index contributed by atoms with van der Waals surface area (Å²) in [5, 5.41) is 3.40. The molecule has 0 aliphatic carbocycles. The number of sulfonamides is 1. The highest BCUT2D eigenvalue weighted by Gasteiger charge is 2.31. The summed E-state index contributed by atoms with van der Waals surface area (Å²) in [6.45, 7) is 3.50. The van der Waals surface area contributed by atoms with Gasteiger partial charge in [-0.3, -0.25) is 0 Å². The normalized spacial score (nSPS) is 15.0. The van der Waals surface area contributed by atoms with Crippen molar-refractivity contribution in [3.63, 3.8) is 0 Å². The van der Waals surface area contributed by atoms with E-state index in [2.05, 4.69) is 4.90 Å². The van der Waals surface area contributed by atoms with Gasteiger partial charge in [-0.05, 0) is 42.8 Å². The second-order valence-corrected chi connectivity index (χ2v) is 11.1. The maximum Gasteiger partial charge on any atom is 0.244 e. The monoisotopic (exact) mass is 527 g/mol. The first kappa shape index (κ1) is 24.1. The fourth-order valence-electron chi connectivity index (χ4n) is 3.62. The molecule has 1 aromatic heterocycles. The summed E-state index contributed by atoms with van der Waals surface area (Å²) >= 11 is 13.8. The van der Waals surface area contributed by atoms with Crippen LogP contribution in [0.4, 0.5) is 5.13 Å². The third-order valence-corrected chi connectivity index (χ3v) is 9.18. The smallest absolute Gasteiger partial charge is 0.244 e. The molecule has 4 rings (SSSR count). The van der Waals surface area contributed by atoms with E-state index in [1.165, 1.54) is 27.8 Å². The van der Waals surface area contributed by atoms with Gasteiger partial charge < -0.3 is 14.4 Å². The van der Waals surface area contributed by atoms with E-state index in [-0.39, 0.29) is 9.92 Å². The predicted octanol–water partition coefficient (Wildman–Crippen LogP) is 4.95.